The van der Waals surface area contributed by atoms with Crippen LogP contribution in [0.5, 0.6) is 0 Å². The van der Waals surface area contributed by atoms with Gasteiger partial charge in [0, 0.05) is 65.5 Å². The quantitative estimate of drug-likeness (QED) is 0.0415. The Balaban J connectivity index is 0.851. The van der Waals surface area contributed by atoms with E-state index in [1.54, 1.807) is 27.9 Å². The van der Waals surface area contributed by atoms with Crippen LogP contribution in [0.15, 0.2) is 89.0 Å². The van der Waals surface area contributed by atoms with Crippen molar-refractivity contribution in [3.8, 4) is 22.4 Å². The first kappa shape index (κ1) is 66.8. The molecule has 7 atom stereocenters. The van der Waals surface area contributed by atoms with Gasteiger partial charge in [-0.1, -0.05) is 67.6 Å². The van der Waals surface area contributed by atoms with Crippen molar-refractivity contribution in [3.63, 3.8) is 0 Å². The molecule has 19 nitrogen and oxygen atoms in total. The monoisotopic (exact) mass is 1350 g/mol. The van der Waals surface area contributed by atoms with Crippen LogP contribution in [0.3, 0.4) is 0 Å². The van der Waals surface area contributed by atoms with Gasteiger partial charge in [-0.2, -0.15) is 0 Å². The minimum atomic E-state index is -1.05. The summed E-state index contributed by atoms with van der Waals surface area (Å²) in [4.78, 5) is 68.8. The number of nitrogens with zero attached hydrogens (tertiary/aromatic N) is 5. The van der Waals surface area contributed by atoms with Crippen molar-refractivity contribution in [3.05, 3.63) is 122 Å². The maximum absolute atomic E-state index is 14.6. The molecule has 4 aliphatic heterocycles. The number of amides is 3. The maximum Gasteiger partial charge on any atom is 0.494 e. The molecule has 6 aromatic rings. The molecule has 22 heteroatoms. The highest BCUT2D eigenvalue weighted by molar-refractivity contribution is 9.10. The summed E-state index contributed by atoms with van der Waals surface area (Å²) in [6.07, 6.45) is 4.96. The molecule has 2 aliphatic carbocycles. The third-order valence-corrected chi connectivity index (χ3v) is 21.8. The Kier molecular flexibility index (Phi) is 19.2. The molecular formula is C71H89BBrN7O12S. The molecule has 3 aromatic heterocycles. The molecule has 4 saturated heterocycles. The maximum atomic E-state index is 14.6. The van der Waals surface area contributed by atoms with Gasteiger partial charge in [0.2, 0.25) is 0 Å². The standard InChI is InChI=1S/C71H89BBrN7O12S/c1-41(2)87-29-28-78-58-24-23-46(72-91-69(8,9)70(10,11)92-72)33-53(58)55(34-71(25-26-71)40-89-65(82)57-22-17-27-79(77-57)64(81)60(76-66(83)90-68(5,6)7)42(3)63-75-59(73)39-93-63)62(78)54-32-45(35-74-61(54)43(4)85-12)44-30-47-36-86-37-48(31-44)80(47)67(84)88-38-56-51-20-15-13-18-49(51)50-19-14-16-21-52(50)56/h13-16,18-21,23-24,32-33,35,39,41-44,47-48,56-57,60,77H,17,22,25-31,34,36-38,40H2,1-12H3,(H,76,83)/t42-,43-,44?,47-,48+,57-,60-/m0/s1. The molecule has 0 radical (unpaired) electrons. The number of hydrogen-bond acceptors (Lipinski definition) is 16. The summed E-state index contributed by atoms with van der Waals surface area (Å²) in [6.45, 7) is 23.9. The van der Waals surface area contributed by atoms with Crippen molar-refractivity contribution < 1.29 is 56.9 Å². The molecule has 5 fully saturated rings. The number of carbonyl (C=O) groups excluding carboxylic acids is 4. The fraction of sp³-hybridized carbons (Fsp3) is 0.549. The van der Waals surface area contributed by atoms with E-state index in [2.05, 4.69) is 137 Å². The molecule has 1 unspecified atom stereocenters. The van der Waals surface area contributed by atoms with Crippen LogP contribution in [0.4, 0.5) is 9.59 Å². The lowest BCUT2D eigenvalue weighted by Crippen LogP contribution is -2.61. The number of esters is 1. The number of benzene rings is 3. The SMILES string of the molecule is CO[C@@H](C)c1ncc(C2C[C@H]3COC[C@@H](C2)N3C(=O)OCC2c3ccccc3-c3ccccc32)cc1-c1c(CC2(COC(=O)[C@@H]3CCCN(C(=O)[C@@H](NC(=O)OC(C)(C)C)[C@H](C)c4nc(Br)cs4)N3)CC2)c2cc(B3OC(C)(C)C(C)(C)O3)ccc2n1CCOC(C)C. The van der Waals surface area contributed by atoms with E-state index in [1.807, 2.05) is 44.2 Å². The van der Waals surface area contributed by atoms with Gasteiger partial charge >= 0.3 is 25.3 Å². The van der Waals surface area contributed by atoms with Crippen LogP contribution in [-0.4, -0.2) is 149 Å². The average Bonchev–Trinajstić information content (AvgIpc) is 1.69. The van der Waals surface area contributed by atoms with Gasteiger partial charge in [0.05, 0.1) is 78.3 Å². The normalized spacial score (nSPS) is 22.3. The van der Waals surface area contributed by atoms with E-state index in [-0.39, 0.29) is 49.3 Å². The van der Waals surface area contributed by atoms with Crippen LogP contribution >= 0.6 is 27.3 Å². The van der Waals surface area contributed by atoms with Crippen LogP contribution in [0, 0.1) is 5.41 Å². The number of pyridine rings is 1. The Morgan fingerprint density at radius 1 is 0.892 bits per heavy atom. The molecule has 2 bridgehead atoms. The first-order chi connectivity index (χ1) is 44.3. The van der Waals surface area contributed by atoms with Gasteiger partial charge in [0.1, 0.15) is 28.9 Å². The minimum absolute atomic E-state index is 0.0140. The van der Waals surface area contributed by atoms with Gasteiger partial charge in [-0.3, -0.25) is 24.5 Å². The number of nitrogens with one attached hydrogen (secondary N) is 2. The van der Waals surface area contributed by atoms with E-state index in [4.69, 9.17) is 42.7 Å². The van der Waals surface area contributed by atoms with Crippen molar-refractivity contribution in [2.75, 3.05) is 46.7 Å². The lowest BCUT2D eigenvalue weighted by atomic mass is 9.78. The van der Waals surface area contributed by atoms with Gasteiger partial charge < -0.3 is 47.6 Å². The van der Waals surface area contributed by atoms with Gasteiger partial charge in [-0.05, 0) is 187 Å². The second kappa shape index (κ2) is 26.8. The smallest absolute Gasteiger partial charge is 0.464 e. The Morgan fingerprint density at radius 3 is 2.19 bits per heavy atom. The Labute approximate surface area is 558 Å². The number of methoxy groups -OCH3 is 1. The van der Waals surface area contributed by atoms with E-state index in [1.165, 1.54) is 38.6 Å². The number of morpholine rings is 1. The molecule has 3 aromatic carbocycles. The summed E-state index contributed by atoms with van der Waals surface area (Å²) in [6, 6.07) is 23.3. The van der Waals surface area contributed by atoms with Crippen LogP contribution in [-0.2, 0) is 60.3 Å². The number of hydrazine groups is 1. The Hall–Kier alpha value is -6.24. The summed E-state index contributed by atoms with van der Waals surface area (Å²) in [5.74, 6) is -1.43. The molecule has 1 saturated carbocycles. The number of carbonyl (C=O) groups is 4. The third-order valence-electron chi connectivity index (χ3n) is 20.0. The number of thiazole rings is 1. The summed E-state index contributed by atoms with van der Waals surface area (Å²) in [7, 11) is 1.08. The molecule has 0 spiro atoms. The first-order valence-electron chi connectivity index (χ1n) is 33.0. The molecule has 6 aliphatic rings. The number of piperidine rings is 1. The fourth-order valence-corrected chi connectivity index (χ4v) is 15.5. The van der Waals surface area contributed by atoms with E-state index >= 15 is 0 Å². The summed E-state index contributed by atoms with van der Waals surface area (Å²) in [5, 5.41) is 7.75. The first-order valence-corrected chi connectivity index (χ1v) is 34.7. The average molecular weight is 1360 g/mol. The zero-order valence-electron chi connectivity index (χ0n) is 55.7. The highest BCUT2D eigenvalue weighted by atomic mass is 79.9. The third kappa shape index (κ3) is 13.9. The number of ether oxygens (including phenoxy) is 6. The molecule has 7 heterocycles. The number of fused-ring (bicyclic) bond motifs is 6. The highest BCUT2D eigenvalue weighted by Gasteiger charge is 2.53. The highest BCUT2D eigenvalue weighted by Crippen LogP contribution is 2.53. The van der Waals surface area contributed by atoms with Crippen molar-refractivity contribution in [2.45, 2.75) is 199 Å². The number of aromatic nitrogens is 3. The number of hydrogen-bond donors (Lipinski definition) is 2. The van der Waals surface area contributed by atoms with Gasteiger partial charge in [-0.25, -0.2) is 20.0 Å². The second-order valence-electron chi connectivity index (χ2n) is 28.6. The number of halogens is 1. The molecule has 93 heavy (non-hydrogen) atoms. The van der Waals surface area contributed by atoms with Crippen LogP contribution in [0.2, 0.25) is 0 Å². The summed E-state index contributed by atoms with van der Waals surface area (Å²) >= 11 is 4.81. The van der Waals surface area contributed by atoms with E-state index in [0.717, 1.165) is 57.3 Å². The van der Waals surface area contributed by atoms with E-state index < -0.39 is 71.4 Å². The molecular weight excluding hydrogens is 1270 g/mol. The minimum Gasteiger partial charge on any atom is -0.464 e. The summed E-state index contributed by atoms with van der Waals surface area (Å²) < 4.78 is 53.6. The van der Waals surface area contributed by atoms with Crippen molar-refractivity contribution >= 4 is 74.8 Å². The van der Waals surface area contributed by atoms with E-state index in [0.29, 0.717) is 74.6 Å². The number of alkyl carbamates (subject to hydrolysis) is 1. The van der Waals surface area contributed by atoms with Gasteiger partial charge in [-0.15, -0.1) is 11.3 Å². The molecule has 496 valence electrons. The number of rotatable bonds is 20. The lowest BCUT2D eigenvalue weighted by molar-refractivity contribution is -0.154. The molecule has 3 amide bonds. The van der Waals surface area contributed by atoms with Crippen molar-refractivity contribution in [1.82, 2.24) is 35.2 Å². The van der Waals surface area contributed by atoms with Crippen LogP contribution < -0.4 is 16.2 Å². The van der Waals surface area contributed by atoms with Gasteiger partial charge in [0.15, 0.2) is 0 Å². The Bertz CT molecular complexity index is 3690. The zero-order valence-corrected chi connectivity index (χ0v) is 58.1. The zero-order chi connectivity index (χ0) is 65.9. The van der Waals surface area contributed by atoms with Gasteiger partial charge in [0.25, 0.3) is 5.91 Å². The molecule has 12 rings (SSSR count). The second-order valence-corrected chi connectivity index (χ2v) is 30.3. The molecule has 2 N–H and O–H groups in total. The lowest BCUT2D eigenvalue weighted by Gasteiger charge is -2.47. The van der Waals surface area contributed by atoms with Crippen molar-refractivity contribution in [2.24, 2.45) is 5.41 Å². The largest absolute Gasteiger partial charge is 0.494 e. The predicted octanol–water partition coefficient (Wildman–Crippen LogP) is 12.3. The predicted molar refractivity (Wildman–Crippen MR) is 360 cm³/mol. The topological polar surface area (TPSA) is 203 Å². The van der Waals surface area contributed by atoms with Crippen LogP contribution in [0.25, 0.3) is 33.3 Å². The van der Waals surface area contributed by atoms with Crippen LogP contribution in [0.1, 0.15) is 171 Å². The van der Waals surface area contributed by atoms with E-state index in [9.17, 15) is 19.2 Å². The fourth-order valence-electron chi connectivity index (χ4n) is 14.1. The summed E-state index contributed by atoms with van der Waals surface area (Å²) in [5.41, 5.74) is 12.2. The van der Waals surface area contributed by atoms with Crippen molar-refractivity contribution in [1.29, 1.82) is 0 Å². The Morgan fingerprint density at radius 2 is 1.57 bits per heavy atom.